The second-order valence-electron chi connectivity index (χ2n) is 12.1. The van der Waals surface area contributed by atoms with Crippen molar-refractivity contribution in [1.29, 1.82) is 0 Å². The van der Waals surface area contributed by atoms with E-state index in [-0.39, 0.29) is 29.8 Å². The van der Waals surface area contributed by atoms with Gasteiger partial charge in [-0.2, -0.15) is 0 Å². The minimum absolute atomic E-state index is 0.0412. The maximum atomic E-state index is 14.7. The van der Waals surface area contributed by atoms with E-state index in [0.29, 0.717) is 11.4 Å². The third-order valence-electron chi connectivity index (χ3n) is 8.91. The summed E-state index contributed by atoms with van der Waals surface area (Å²) in [5.74, 6) is -0.120. The molecule has 0 spiro atoms. The van der Waals surface area contributed by atoms with Gasteiger partial charge in [0.25, 0.3) is 10.0 Å². The Labute approximate surface area is 278 Å². The van der Waals surface area contributed by atoms with Crippen LogP contribution in [-0.4, -0.2) is 50.9 Å². The van der Waals surface area contributed by atoms with Crippen LogP contribution in [0.15, 0.2) is 108 Å². The zero-order valence-electron chi connectivity index (χ0n) is 27.3. The van der Waals surface area contributed by atoms with Gasteiger partial charge in [-0.3, -0.25) is 13.9 Å². The van der Waals surface area contributed by atoms with Crippen molar-refractivity contribution in [3.05, 3.63) is 125 Å². The fraction of sp³-hybridized carbons (Fsp3) is 0.316. The largest absolute Gasteiger partial charge is 0.497 e. The van der Waals surface area contributed by atoms with Gasteiger partial charge in [-0.15, -0.1) is 0 Å². The number of aryl methyl sites for hydroxylation is 1. The number of nitrogens with zero attached hydrogens (tertiary/aromatic N) is 2. The van der Waals surface area contributed by atoms with Crippen LogP contribution < -0.4 is 14.4 Å². The van der Waals surface area contributed by atoms with Gasteiger partial charge in [-0.1, -0.05) is 85.6 Å². The van der Waals surface area contributed by atoms with Gasteiger partial charge in [-0.25, -0.2) is 8.42 Å². The van der Waals surface area contributed by atoms with E-state index in [1.807, 2.05) is 74.5 Å². The van der Waals surface area contributed by atoms with E-state index < -0.39 is 28.5 Å². The molecule has 1 N–H and O–H groups in total. The molecule has 0 bridgehead atoms. The van der Waals surface area contributed by atoms with E-state index in [9.17, 15) is 18.0 Å². The molecule has 0 aliphatic heterocycles. The molecule has 4 aromatic carbocycles. The number of sulfonamides is 1. The summed E-state index contributed by atoms with van der Waals surface area (Å²) in [5, 5.41) is 3.21. The highest BCUT2D eigenvalue weighted by atomic mass is 32.2. The Kier molecular flexibility index (Phi) is 11.0. The molecule has 0 radical (unpaired) electrons. The van der Waals surface area contributed by atoms with Crippen LogP contribution in [0.25, 0.3) is 0 Å². The summed E-state index contributed by atoms with van der Waals surface area (Å²) in [6, 6.07) is 29.7. The minimum atomic E-state index is -4.16. The SMILES string of the molecule is COc1cccc(CN(C(=O)CN(c2cccc(C)c2C)S(=O)(=O)c2ccccc2)[C@H](Cc2ccccc2)C(=O)NC2CCCC2)c1. The summed E-state index contributed by atoms with van der Waals surface area (Å²) >= 11 is 0. The molecule has 0 unspecified atom stereocenters. The Morgan fingerprint density at radius 3 is 2.17 bits per heavy atom. The zero-order chi connectivity index (χ0) is 33.4. The number of nitrogens with one attached hydrogen (secondary N) is 1. The van der Waals surface area contributed by atoms with E-state index in [1.54, 1.807) is 37.4 Å². The molecular weight excluding hydrogens is 611 g/mol. The number of hydrogen-bond acceptors (Lipinski definition) is 5. The molecule has 246 valence electrons. The van der Waals surface area contributed by atoms with E-state index >= 15 is 0 Å². The third kappa shape index (κ3) is 8.21. The molecule has 1 atom stereocenters. The molecule has 1 aliphatic carbocycles. The molecule has 0 saturated heterocycles. The average molecular weight is 654 g/mol. The fourth-order valence-corrected chi connectivity index (χ4v) is 7.62. The number of carbonyl (C=O) groups excluding carboxylic acids is 2. The molecule has 5 rings (SSSR count). The van der Waals surface area contributed by atoms with Crippen LogP contribution in [0.3, 0.4) is 0 Å². The number of rotatable bonds is 13. The van der Waals surface area contributed by atoms with Crippen LogP contribution in [0, 0.1) is 13.8 Å². The van der Waals surface area contributed by atoms with Crippen molar-refractivity contribution in [1.82, 2.24) is 10.2 Å². The maximum Gasteiger partial charge on any atom is 0.264 e. The lowest BCUT2D eigenvalue weighted by atomic mass is 10.0. The van der Waals surface area contributed by atoms with E-state index in [0.717, 1.165) is 47.9 Å². The van der Waals surface area contributed by atoms with Gasteiger partial charge < -0.3 is 15.0 Å². The van der Waals surface area contributed by atoms with Gasteiger partial charge in [0.15, 0.2) is 0 Å². The number of amides is 2. The molecule has 0 aromatic heterocycles. The molecule has 0 heterocycles. The first-order chi connectivity index (χ1) is 22.7. The maximum absolute atomic E-state index is 14.7. The molecule has 1 saturated carbocycles. The van der Waals surface area contributed by atoms with Crippen molar-refractivity contribution in [3.8, 4) is 5.75 Å². The van der Waals surface area contributed by atoms with Crippen molar-refractivity contribution in [2.24, 2.45) is 0 Å². The summed E-state index contributed by atoms with van der Waals surface area (Å²) in [5.41, 5.74) is 3.71. The number of methoxy groups -OCH3 is 1. The molecule has 2 amide bonds. The Morgan fingerprint density at radius 2 is 1.49 bits per heavy atom. The number of ether oxygens (including phenoxy) is 1. The fourth-order valence-electron chi connectivity index (χ4n) is 6.13. The first-order valence-electron chi connectivity index (χ1n) is 16.1. The average Bonchev–Trinajstić information content (AvgIpc) is 3.60. The summed E-state index contributed by atoms with van der Waals surface area (Å²) in [6.45, 7) is 3.35. The topological polar surface area (TPSA) is 96.0 Å². The first kappa shape index (κ1) is 33.7. The Bertz CT molecular complexity index is 1770. The number of hydrogen-bond donors (Lipinski definition) is 1. The van der Waals surface area contributed by atoms with Crippen LogP contribution >= 0.6 is 0 Å². The molecule has 47 heavy (non-hydrogen) atoms. The predicted octanol–water partition coefficient (Wildman–Crippen LogP) is 6.21. The Morgan fingerprint density at radius 1 is 0.851 bits per heavy atom. The lowest BCUT2D eigenvalue weighted by Gasteiger charge is -2.34. The predicted molar refractivity (Wildman–Crippen MR) is 185 cm³/mol. The summed E-state index contributed by atoms with van der Waals surface area (Å²) in [7, 11) is -2.59. The van der Waals surface area contributed by atoms with Crippen molar-refractivity contribution in [2.75, 3.05) is 18.0 Å². The van der Waals surface area contributed by atoms with Crippen molar-refractivity contribution >= 4 is 27.5 Å². The summed E-state index contributed by atoms with van der Waals surface area (Å²) in [4.78, 5) is 30.5. The van der Waals surface area contributed by atoms with Gasteiger partial charge in [0.05, 0.1) is 17.7 Å². The molecule has 1 fully saturated rings. The van der Waals surface area contributed by atoms with Crippen molar-refractivity contribution in [3.63, 3.8) is 0 Å². The molecule has 4 aromatic rings. The van der Waals surface area contributed by atoms with Crippen LogP contribution in [0.5, 0.6) is 5.75 Å². The number of anilines is 1. The van der Waals surface area contributed by atoms with E-state index in [4.69, 9.17) is 4.74 Å². The monoisotopic (exact) mass is 653 g/mol. The smallest absolute Gasteiger partial charge is 0.264 e. The Hall–Kier alpha value is -4.63. The number of carbonyl (C=O) groups is 2. The van der Waals surface area contributed by atoms with E-state index in [2.05, 4.69) is 5.32 Å². The van der Waals surface area contributed by atoms with Gasteiger partial charge in [0.2, 0.25) is 11.8 Å². The standard InChI is InChI=1S/C38H43N3O5S/c1-28-14-12-23-35(29(28)2)41(47(44,45)34-21-8-5-9-22-34)27-37(42)40(26-31-17-13-20-33(24-31)46-3)36(25-30-15-6-4-7-16-30)38(43)39-32-18-10-11-19-32/h4-9,12-17,20-24,32,36H,10-11,18-19,25-27H2,1-3H3,(H,39,43)/t36-/m1/s1. The summed E-state index contributed by atoms with van der Waals surface area (Å²) < 4.78 is 35.2. The zero-order valence-corrected chi connectivity index (χ0v) is 28.1. The third-order valence-corrected chi connectivity index (χ3v) is 10.7. The van der Waals surface area contributed by atoms with Gasteiger partial charge >= 0.3 is 0 Å². The molecular formula is C38H43N3O5S. The minimum Gasteiger partial charge on any atom is -0.497 e. The molecule has 1 aliphatic rings. The van der Waals surface area contributed by atoms with Crippen LogP contribution in [0.2, 0.25) is 0 Å². The van der Waals surface area contributed by atoms with Crippen LogP contribution in [-0.2, 0) is 32.6 Å². The van der Waals surface area contributed by atoms with Gasteiger partial charge in [-0.05, 0) is 79.3 Å². The summed E-state index contributed by atoms with van der Waals surface area (Å²) in [6.07, 6.45) is 4.14. The lowest BCUT2D eigenvalue weighted by Crippen LogP contribution is -2.54. The normalized spacial score (nSPS) is 13.9. The second-order valence-corrected chi connectivity index (χ2v) is 14.0. The van der Waals surface area contributed by atoms with Crippen LogP contribution in [0.4, 0.5) is 5.69 Å². The van der Waals surface area contributed by atoms with Gasteiger partial charge in [0.1, 0.15) is 18.3 Å². The Balaban J connectivity index is 1.59. The highest BCUT2D eigenvalue weighted by Gasteiger charge is 2.36. The van der Waals surface area contributed by atoms with Gasteiger partial charge in [0, 0.05) is 19.0 Å². The quantitative estimate of drug-likeness (QED) is 0.185. The lowest BCUT2D eigenvalue weighted by molar-refractivity contribution is -0.140. The second kappa shape index (κ2) is 15.3. The first-order valence-corrected chi connectivity index (χ1v) is 17.5. The highest BCUT2D eigenvalue weighted by molar-refractivity contribution is 7.92. The van der Waals surface area contributed by atoms with E-state index in [1.165, 1.54) is 21.3 Å². The number of benzene rings is 4. The van der Waals surface area contributed by atoms with Crippen LogP contribution in [0.1, 0.15) is 47.9 Å². The molecule has 9 heteroatoms. The van der Waals surface area contributed by atoms with Crippen molar-refractivity contribution < 1.29 is 22.7 Å². The van der Waals surface area contributed by atoms with Crippen molar-refractivity contribution in [2.45, 2.75) is 69.5 Å². The highest BCUT2D eigenvalue weighted by Crippen LogP contribution is 2.30. The molecule has 8 nitrogen and oxygen atoms in total.